The van der Waals surface area contributed by atoms with E-state index in [1.54, 1.807) is 7.11 Å². The van der Waals surface area contributed by atoms with Gasteiger partial charge in [-0.3, -0.25) is 0 Å². The molecule has 0 radical (unpaired) electrons. The third-order valence-electron chi connectivity index (χ3n) is 6.74. The number of likely N-dealkylation sites (tertiary alicyclic amines) is 1. The fraction of sp³-hybridized carbons (Fsp3) is 0.500. The van der Waals surface area contributed by atoms with E-state index in [1.807, 2.05) is 6.08 Å². The maximum absolute atomic E-state index is 6.56. The van der Waals surface area contributed by atoms with Crippen molar-refractivity contribution in [2.75, 3.05) is 20.7 Å². The molecule has 4 aliphatic rings. The van der Waals surface area contributed by atoms with E-state index in [0.717, 1.165) is 37.3 Å². The molecule has 2 heterocycles. The first-order valence-electron chi connectivity index (χ1n) is 8.60. The van der Waals surface area contributed by atoms with Gasteiger partial charge in [-0.05, 0) is 56.0 Å². The lowest BCUT2D eigenvalue weighted by molar-refractivity contribution is -0.00692. The molecule has 1 fully saturated rings. The monoisotopic (exact) mass is 309 g/mol. The number of rotatable bonds is 2. The third-order valence-corrected chi connectivity index (χ3v) is 6.74. The molecule has 0 N–H and O–H groups in total. The van der Waals surface area contributed by atoms with Crippen LogP contribution in [0, 0.1) is 5.92 Å². The lowest BCUT2D eigenvalue weighted by Gasteiger charge is -2.57. The first-order chi connectivity index (χ1) is 11.2. The van der Waals surface area contributed by atoms with Crippen molar-refractivity contribution in [3.8, 4) is 11.5 Å². The van der Waals surface area contributed by atoms with Gasteiger partial charge < -0.3 is 14.4 Å². The van der Waals surface area contributed by atoms with E-state index in [9.17, 15) is 0 Å². The summed E-state index contributed by atoms with van der Waals surface area (Å²) < 4.78 is 12.2. The van der Waals surface area contributed by atoms with Crippen LogP contribution in [0.2, 0.25) is 0 Å². The lowest BCUT2D eigenvalue weighted by atomic mass is 9.52. The summed E-state index contributed by atoms with van der Waals surface area (Å²) in [5, 5.41) is 0. The fourth-order valence-electron chi connectivity index (χ4n) is 5.73. The topological polar surface area (TPSA) is 21.7 Å². The number of nitrogens with zero attached hydrogens (tertiary/aromatic N) is 1. The molecule has 0 unspecified atom stereocenters. The van der Waals surface area contributed by atoms with Gasteiger partial charge in [0.1, 0.15) is 6.10 Å². The molecule has 3 heteroatoms. The van der Waals surface area contributed by atoms with Gasteiger partial charge in [0.05, 0.1) is 7.11 Å². The summed E-state index contributed by atoms with van der Waals surface area (Å²) in [6.45, 7) is 5.18. The third kappa shape index (κ3) is 1.45. The molecule has 2 aliphatic carbocycles. The Bertz CT molecular complexity index is 737. The number of piperidine rings is 1. The van der Waals surface area contributed by atoms with Crippen molar-refractivity contribution < 1.29 is 9.47 Å². The highest BCUT2D eigenvalue weighted by Crippen LogP contribution is 2.63. The molecule has 1 aromatic rings. The number of ether oxygens (including phenoxy) is 2. The van der Waals surface area contributed by atoms with Gasteiger partial charge >= 0.3 is 0 Å². The zero-order chi connectivity index (χ0) is 15.8. The molecule has 3 nitrogen and oxygen atoms in total. The number of hydrogen-bond donors (Lipinski definition) is 0. The normalized spacial score (nSPS) is 36.8. The van der Waals surface area contributed by atoms with Crippen LogP contribution in [0.25, 0.3) is 0 Å². The zero-order valence-electron chi connectivity index (χ0n) is 13.8. The maximum atomic E-state index is 6.56. The van der Waals surface area contributed by atoms with Crippen molar-refractivity contribution in [1.29, 1.82) is 0 Å². The van der Waals surface area contributed by atoms with Gasteiger partial charge in [0, 0.05) is 17.0 Å². The van der Waals surface area contributed by atoms with Gasteiger partial charge in [-0.2, -0.15) is 0 Å². The molecule has 0 amide bonds. The summed E-state index contributed by atoms with van der Waals surface area (Å²) in [4.78, 5) is 2.56. The molecule has 0 saturated carbocycles. The van der Waals surface area contributed by atoms with Crippen LogP contribution in [0.3, 0.4) is 0 Å². The number of likely N-dealkylation sites (N-methyl/N-ethyl adjacent to an activating group) is 1. The highest BCUT2D eigenvalue weighted by atomic mass is 16.5. The molecule has 120 valence electrons. The van der Waals surface area contributed by atoms with Crippen molar-refractivity contribution in [2.24, 2.45) is 5.92 Å². The van der Waals surface area contributed by atoms with Crippen LogP contribution >= 0.6 is 0 Å². The molecule has 4 atom stereocenters. The Balaban J connectivity index is 1.82. The smallest absolute Gasteiger partial charge is 0.166 e. The maximum Gasteiger partial charge on any atom is 0.166 e. The molecule has 1 aromatic carbocycles. The predicted octanol–water partition coefficient (Wildman–Crippen LogP) is 3.09. The number of benzene rings is 1. The summed E-state index contributed by atoms with van der Waals surface area (Å²) in [6.07, 6.45) is 7.88. The second kappa shape index (κ2) is 4.41. The van der Waals surface area contributed by atoms with Crippen molar-refractivity contribution in [3.63, 3.8) is 0 Å². The van der Waals surface area contributed by atoms with Crippen LogP contribution in [0.5, 0.6) is 11.5 Å². The van der Waals surface area contributed by atoms with E-state index in [1.165, 1.54) is 16.7 Å². The Labute approximate surface area is 137 Å². The Morgan fingerprint density at radius 1 is 1.43 bits per heavy atom. The lowest BCUT2D eigenvalue weighted by Crippen LogP contribution is -2.63. The molecule has 2 aliphatic heterocycles. The zero-order valence-corrected chi connectivity index (χ0v) is 13.8. The molecular weight excluding hydrogens is 286 g/mol. The van der Waals surface area contributed by atoms with Crippen LogP contribution in [0.15, 0.2) is 36.4 Å². The van der Waals surface area contributed by atoms with Gasteiger partial charge in [-0.25, -0.2) is 0 Å². The van der Waals surface area contributed by atoms with E-state index < -0.39 is 0 Å². The van der Waals surface area contributed by atoms with E-state index >= 15 is 0 Å². The number of methoxy groups -OCH3 is 1. The van der Waals surface area contributed by atoms with Crippen LogP contribution in [-0.2, 0) is 11.8 Å². The molecule has 0 aromatic heterocycles. The second-order valence-electron chi connectivity index (χ2n) is 7.42. The minimum Gasteiger partial charge on any atom is -0.493 e. The average molecular weight is 309 g/mol. The summed E-state index contributed by atoms with van der Waals surface area (Å²) >= 11 is 0. The van der Waals surface area contributed by atoms with Gasteiger partial charge in [0.2, 0.25) is 0 Å². The second-order valence-corrected chi connectivity index (χ2v) is 7.42. The Hall–Kier alpha value is -1.74. The SMILES string of the molecule is C=CC1=CC[C@H]2[C@H]3Cc4ccc(OC)c5c4[C@@]2(CCN3C)[C@H]1O5. The Kier molecular flexibility index (Phi) is 2.63. The molecule has 1 spiro atoms. The first kappa shape index (κ1) is 13.7. The predicted molar refractivity (Wildman–Crippen MR) is 90.2 cm³/mol. The van der Waals surface area contributed by atoms with Gasteiger partial charge in [0.15, 0.2) is 11.5 Å². The molecule has 5 rings (SSSR count). The van der Waals surface area contributed by atoms with Crippen LogP contribution in [-0.4, -0.2) is 37.7 Å². The van der Waals surface area contributed by atoms with Crippen LogP contribution in [0.4, 0.5) is 0 Å². The molecular formula is C20H23NO2. The minimum absolute atomic E-state index is 0.111. The van der Waals surface area contributed by atoms with Gasteiger partial charge in [-0.1, -0.05) is 24.8 Å². The average Bonchev–Trinajstić information content (AvgIpc) is 2.92. The van der Waals surface area contributed by atoms with Crippen molar-refractivity contribution in [2.45, 2.75) is 36.8 Å². The standard InChI is InChI=1S/C20H23NO2/c1-4-12-5-7-14-15-11-13-6-8-16(22-3)18-17(13)20(14,19(12)23-18)9-10-21(15)2/h4-6,8,14-15,19H,1,7,9-11H2,2-3H3/t14-,15+,19-,20-/m0/s1. The van der Waals surface area contributed by atoms with Crippen molar-refractivity contribution in [3.05, 3.63) is 47.6 Å². The molecule has 23 heavy (non-hydrogen) atoms. The minimum atomic E-state index is 0.111. The van der Waals surface area contributed by atoms with Crippen molar-refractivity contribution in [1.82, 2.24) is 4.90 Å². The van der Waals surface area contributed by atoms with Crippen molar-refractivity contribution >= 4 is 0 Å². The molecule has 1 saturated heterocycles. The quantitative estimate of drug-likeness (QED) is 0.838. The van der Waals surface area contributed by atoms with E-state index in [-0.39, 0.29) is 11.5 Å². The first-order valence-corrected chi connectivity index (χ1v) is 8.60. The van der Waals surface area contributed by atoms with Crippen LogP contribution in [0.1, 0.15) is 24.0 Å². The number of allylic oxidation sites excluding steroid dienone is 1. The Morgan fingerprint density at radius 2 is 2.30 bits per heavy atom. The summed E-state index contributed by atoms with van der Waals surface area (Å²) in [5.74, 6) is 2.51. The Morgan fingerprint density at radius 3 is 3.09 bits per heavy atom. The summed E-state index contributed by atoms with van der Waals surface area (Å²) in [5.41, 5.74) is 4.29. The highest BCUT2D eigenvalue weighted by Gasteiger charge is 2.63. The van der Waals surface area contributed by atoms with E-state index in [0.29, 0.717) is 12.0 Å². The largest absolute Gasteiger partial charge is 0.493 e. The fourth-order valence-corrected chi connectivity index (χ4v) is 5.73. The van der Waals surface area contributed by atoms with E-state index in [2.05, 4.69) is 36.7 Å². The molecule has 2 bridgehead atoms. The summed E-state index contributed by atoms with van der Waals surface area (Å²) in [6, 6.07) is 4.96. The highest BCUT2D eigenvalue weighted by molar-refractivity contribution is 5.63. The van der Waals surface area contributed by atoms with Crippen LogP contribution < -0.4 is 9.47 Å². The summed E-state index contributed by atoms with van der Waals surface area (Å²) in [7, 11) is 4.02. The number of hydrogen-bond acceptors (Lipinski definition) is 3. The van der Waals surface area contributed by atoms with Gasteiger partial charge in [-0.15, -0.1) is 0 Å². The van der Waals surface area contributed by atoms with Gasteiger partial charge in [0.25, 0.3) is 0 Å². The van der Waals surface area contributed by atoms with E-state index in [4.69, 9.17) is 9.47 Å².